The van der Waals surface area contributed by atoms with E-state index in [-0.39, 0.29) is 4.92 Å². The van der Waals surface area contributed by atoms with E-state index >= 15 is 0 Å². The third-order valence-electron chi connectivity index (χ3n) is 1.50. The van der Waals surface area contributed by atoms with Crippen molar-refractivity contribution in [3.63, 3.8) is 0 Å². The Kier molecular flexibility index (Phi) is 4.50. The van der Waals surface area contributed by atoms with Crippen molar-refractivity contribution in [2.24, 2.45) is 0 Å². The second-order valence-electron chi connectivity index (χ2n) is 2.99. The molecule has 0 aromatic rings. The summed E-state index contributed by atoms with van der Waals surface area (Å²) >= 11 is 0. The number of hydrogen-bond acceptors (Lipinski definition) is 2. The minimum atomic E-state index is -0.411. The molecule has 0 spiro atoms. The predicted molar refractivity (Wildman–Crippen MR) is 45.1 cm³/mol. The SMILES string of the molecule is CC(C)=CCCC(C)[N+](=O)[O-]. The first-order valence-corrected chi connectivity index (χ1v) is 3.81. The van der Waals surface area contributed by atoms with Gasteiger partial charge in [-0.15, -0.1) is 0 Å². The molecule has 0 N–H and O–H groups in total. The molecule has 1 unspecified atom stereocenters. The lowest BCUT2D eigenvalue weighted by Gasteiger charge is -1.99. The van der Waals surface area contributed by atoms with Gasteiger partial charge < -0.3 is 0 Å². The summed E-state index contributed by atoms with van der Waals surface area (Å²) in [6.07, 6.45) is 3.47. The molecule has 0 saturated carbocycles. The normalized spacial score (nSPS) is 12.3. The van der Waals surface area contributed by atoms with Crippen molar-refractivity contribution < 1.29 is 4.92 Å². The van der Waals surface area contributed by atoms with Crippen molar-refractivity contribution in [3.05, 3.63) is 21.8 Å². The summed E-state index contributed by atoms with van der Waals surface area (Å²) in [5.41, 5.74) is 1.22. The van der Waals surface area contributed by atoms with Crippen LogP contribution in [0.1, 0.15) is 33.6 Å². The van der Waals surface area contributed by atoms with Crippen LogP contribution in [0.4, 0.5) is 0 Å². The third kappa shape index (κ3) is 5.58. The lowest BCUT2D eigenvalue weighted by Crippen LogP contribution is -2.13. The van der Waals surface area contributed by atoms with Gasteiger partial charge in [0.1, 0.15) is 0 Å². The van der Waals surface area contributed by atoms with Gasteiger partial charge in [0.2, 0.25) is 6.04 Å². The Balaban J connectivity index is 3.55. The molecule has 0 aliphatic heterocycles. The Morgan fingerprint density at radius 3 is 2.55 bits per heavy atom. The minimum absolute atomic E-state index is 0.237. The van der Waals surface area contributed by atoms with Gasteiger partial charge in [0.25, 0.3) is 0 Å². The van der Waals surface area contributed by atoms with E-state index in [9.17, 15) is 10.1 Å². The van der Waals surface area contributed by atoms with E-state index in [0.717, 1.165) is 6.42 Å². The Morgan fingerprint density at radius 1 is 1.64 bits per heavy atom. The first-order valence-electron chi connectivity index (χ1n) is 3.81. The molecule has 1 atom stereocenters. The molecule has 0 radical (unpaired) electrons. The zero-order chi connectivity index (χ0) is 8.85. The van der Waals surface area contributed by atoms with Gasteiger partial charge in [-0.1, -0.05) is 11.6 Å². The number of nitro groups is 1. The zero-order valence-electron chi connectivity index (χ0n) is 7.33. The smallest absolute Gasteiger partial charge is 0.210 e. The molecule has 0 aromatic heterocycles. The van der Waals surface area contributed by atoms with Crippen LogP contribution in [0.3, 0.4) is 0 Å². The molecule has 0 bridgehead atoms. The average molecular weight is 157 g/mol. The fourth-order valence-electron chi connectivity index (χ4n) is 0.719. The van der Waals surface area contributed by atoms with Gasteiger partial charge in [-0.3, -0.25) is 10.1 Å². The Morgan fingerprint density at radius 2 is 2.18 bits per heavy atom. The number of rotatable bonds is 4. The summed E-state index contributed by atoms with van der Waals surface area (Å²) in [7, 11) is 0. The van der Waals surface area contributed by atoms with Crippen LogP contribution >= 0.6 is 0 Å². The van der Waals surface area contributed by atoms with Crippen LogP contribution in [0.5, 0.6) is 0 Å². The van der Waals surface area contributed by atoms with E-state index in [1.165, 1.54) is 5.57 Å². The largest absolute Gasteiger partial charge is 0.264 e. The lowest BCUT2D eigenvalue weighted by molar-refractivity contribution is -0.518. The fourth-order valence-corrected chi connectivity index (χ4v) is 0.719. The molecule has 0 heterocycles. The number of nitrogens with zero attached hydrogens (tertiary/aromatic N) is 1. The molecule has 3 heteroatoms. The van der Waals surface area contributed by atoms with Crippen molar-refractivity contribution in [1.29, 1.82) is 0 Å². The van der Waals surface area contributed by atoms with Crippen LogP contribution in [0, 0.1) is 10.1 Å². The second kappa shape index (κ2) is 4.88. The summed E-state index contributed by atoms with van der Waals surface area (Å²) in [6.45, 7) is 5.63. The van der Waals surface area contributed by atoms with Gasteiger partial charge in [0.15, 0.2) is 0 Å². The van der Waals surface area contributed by atoms with Crippen molar-refractivity contribution >= 4 is 0 Å². The molecule has 0 aromatic carbocycles. The first kappa shape index (κ1) is 10.1. The monoisotopic (exact) mass is 157 g/mol. The molecule has 0 amide bonds. The third-order valence-corrected chi connectivity index (χ3v) is 1.50. The van der Waals surface area contributed by atoms with Gasteiger partial charge in [0.05, 0.1) is 0 Å². The highest BCUT2D eigenvalue weighted by Crippen LogP contribution is 2.03. The van der Waals surface area contributed by atoms with Gasteiger partial charge >= 0.3 is 0 Å². The highest BCUT2D eigenvalue weighted by Gasteiger charge is 2.09. The summed E-state index contributed by atoms with van der Waals surface area (Å²) < 4.78 is 0. The van der Waals surface area contributed by atoms with Crippen molar-refractivity contribution in [2.45, 2.75) is 39.7 Å². The average Bonchev–Trinajstić information content (AvgIpc) is 1.86. The summed E-state index contributed by atoms with van der Waals surface area (Å²) in [5.74, 6) is 0. The van der Waals surface area contributed by atoms with Crippen molar-refractivity contribution in [1.82, 2.24) is 0 Å². The molecular formula is C8H15NO2. The Hall–Kier alpha value is -0.860. The van der Waals surface area contributed by atoms with E-state index < -0.39 is 6.04 Å². The molecule has 0 rings (SSSR count). The highest BCUT2D eigenvalue weighted by molar-refractivity contribution is 4.92. The van der Waals surface area contributed by atoms with E-state index in [1.54, 1.807) is 6.92 Å². The van der Waals surface area contributed by atoms with Gasteiger partial charge in [0, 0.05) is 18.3 Å². The van der Waals surface area contributed by atoms with E-state index in [0.29, 0.717) is 6.42 Å². The maximum absolute atomic E-state index is 10.2. The molecule has 0 aliphatic rings. The van der Waals surface area contributed by atoms with Gasteiger partial charge in [-0.05, 0) is 20.3 Å². The molecule has 3 nitrogen and oxygen atoms in total. The van der Waals surface area contributed by atoms with Crippen LogP contribution < -0.4 is 0 Å². The van der Waals surface area contributed by atoms with E-state index in [4.69, 9.17) is 0 Å². The van der Waals surface area contributed by atoms with Crippen LogP contribution in [0.25, 0.3) is 0 Å². The maximum Gasteiger partial charge on any atom is 0.210 e. The zero-order valence-corrected chi connectivity index (χ0v) is 7.33. The van der Waals surface area contributed by atoms with E-state index in [1.807, 2.05) is 19.9 Å². The summed E-state index contributed by atoms with van der Waals surface area (Å²) in [4.78, 5) is 9.92. The van der Waals surface area contributed by atoms with Gasteiger partial charge in [-0.2, -0.15) is 0 Å². The Labute approximate surface area is 67.3 Å². The molecule has 11 heavy (non-hydrogen) atoms. The fraction of sp³-hybridized carbons (Fsp3) is 0.750. The summed E-state index contributed by atoms with van der Waals surface area (Å²) in [6, 6.07) is -0.411. The molecule has 0 aliphatic carbocycles. The van der Waals surface area contributed by atoms with Crippen LogP contribution in [0.15, 0.2) is 11.6 Å². The predicted octanol–water partition coefficient (Wildman–Crippen LogP) is 2.40. The second-order valence-corrected chi connectivity index (χ2v) is 2.99. The molecule has 0 saturated heterocycles. The van der Waals surface area contributed by atoms with Gasteiger partial charge in [-0.25, -0.2) is 0 Å². The lowest BCUT2D eigenvalue weighted by atomic mass is 10.1. The van der Waals surface area contributed by atoms with Crippen molar-refractivity contribution in [2.75, 3.05) is 0 Å². The first-order chi connectivity index (χ1) is 5.04. The Bertz CT molecular complexity index is 159. The molecule has 0 fully saturated rings. The van der Waals surface area contributed by atoms with Crippen LogP contribution in [-0.4, -0.2) is 11.0 Å². The van der Waals surface area contributed by atoms with E-state index in [2.05, 4.69) is 0 Å². The van der Waals surface area contributed by atoms with Crippen LogP contribution in [0.2, 0.25) is 0 Å². The topological polar surface area (TPSA) is 43.1 Å². The van der Waals surface area contributed by atoms with Crippen LogP contribution in [-0.2, 0) is 0 Å². The number of hydrogen-bond donors (Lipinski definition) is 0. The maximum atomic E-state index is 10.2. The standard InChI is InChI=1S/C8H15NO2/c1-7(2)5-4-6-8(3)9(10)11/h5,8H,4,6H2,1-3H3. The summed E-state index contributed by atoms with van der Waals surface area (Å²) in [5, 5.41) is 10.2. The number of allylic oxidation sites excluding steroid dienone is 2. The quantitative estimate of drug-likeness (QED) is 0.357. The highest BCUT2D eigenvalue weighted by atomic mass is 16.6. The minimum Gasteiger partial charge on any atom is -0.264 e. The molecular weight excluding hydrogens is 142 g/mol. The molecule has 64 valence electrons. The van der Waals surface area contributed by atoms with Crippen molar-refractivity contribution in [3.8, 4) is 0 Å².